The first-order valence-electron chi connectivity index (χ1n) is 4.19. The van der Waals surface area contributed by atoms with E-state index in [0.717, 1.165) is 12.4 Å². The minimum atomic E-state index is -3.11. The van der Waals surface area contributed by atoms with E-state index < -0.39 is 10.6 Å². The van der Waals surface area contributed by atoms with E-state index >= 15 is 0 Å². The molecule has 84 valence electrons. The average molecular weight is 231 g/mol. The molecule has 0 saturated carbocycles. The van der Waals surface area contributed by atoms with Crippen LogP contribution in [0, 0.1) is 0 Å². The molecule has 0 aliphatic carbocycles. The summed E-state index contributed by atoms with van der Waals surface area (Å²) in [5, 5.41) is 3.11. The van der Waals surface area contributed by atoms with Crippen molar-refractivity contribution in [3.8, 4) is 0 Å². The summed E-state index contributed by atoms with van der Waals surface area (Å²) >= 11 is 0. The zero-order chi connectivity index (χ0) is 11.7. The third-order valence-electron chi connectivity index (χ3n) is 1.27. The summed E-state index contributed by atoms with van der Waals surface area (Å²) in [5.41, 5.74) is 5.55. The van der Waals surface area contributed by atoms with Gasteiger partial charge >= 0.3 is 10.6 Å². The molecule has 0 bridgehead atoms. The first-order valence-corrected chi connectivity index (χ1v) is 5.19. The van der Waals surface area contributed by atoms with Crippen molar-refractivity contribution in [3.63, 3.8) is 0 Å². The van der Waals surface area contributed by atoms with Crippen LogP contribution in [0.2, 0.25) is 0 Å². The van der Waals surface area contributed by atoms with E-state index in [1.54, 1.807) is 6.20 Å². The summed E-state index contributed by atoms with van der Waals surface area (Å²) in [6, 6.07) is 5.91. The second kappa shape index (κ2) is 7.89. The van der Waals surface area contributed by atoms with Crippen LogP contribution < -0.4 is 11.1 Å². The van der Waals surface area contributed by atoms with Crippen LogP contribution in [0.25, 0.3) is 0 Å². The van der Waals surface area contributed by atoms with Crippen LogP contribution in [-0.4, -0.2) is 30.2 Å². The number of nitrogens with one attached hydrogen (secondary N) is 1. The number of hydrogen-bond acceptors (Lipinski definition) is 6. The molecule has 6 nitrogen and oxygen atoms in total. The summed E-state index contributed by atoms with van der Waals surface area (Å²) in [4.78, 5) is 4.08. The fourth-order valence-electron chi connectivity index (χ4n) is 0.733. The predicted octanol–water partition coefficient (Wildman–Crippen LogP) is -0.163. The highest BCUT2D eigenvalue weighted by molar-refractivity contribution is 7.59. The van der Waals surface area contributed by atoms with Crippen LogP contribution in [0.1, 0.15) is 6.92 Å². The van der Waals surface area contributed by atoms with Crippen molar-refractivity contribution < 1.29 is 12.6 Å². The maximum Gasteiger partial charge on any atom is 0.425 e. The Morgan fingerprint density at radius 1 is 1.47 bits per heavy atom. The predicted molar refractivity (Wildman–Crippen MR) is 56.1 cm³/mol. The third-order valence-corrected chi connectivity index (χ3v) is 1.27. The molecule has 1 aromatic heterocycles. The number of anilines is 1. The van der Waals surface area contributed by atoms with Gasteiger partial charge in [0, 0.05) is 18.8 Å². The Morgan fingerprint density at radius 3 is 2.47 bits per heavy atom. The molecule has 0 radical (unpaired) electrons. The molecule has 1 heterocycles. The van der Waals surface area contributed by atoms with Crippen LogP contribution >= 0.6 is 0 Å². The normalized spacial score (nSPS) is 10.8. The Hall–Kier alpha value is -1.47. The molecule has 0 saturated heterocycles. The standard InChI is InChI=1S/C8H13N3.O3S/c1-7(9)6-11-8-4-2-3-5-10-8;1-4(2)3/h2-5,7H,6,9H2,1H3,(H,10,11);/t7-;/m0./s1. The fourth-order valence-corrected chi connectivity index (χ4v) is 0.733. The van der Waals surface area contributed by atoms with Gasteiger partial charge in [-0.1, -0.05) is 6.07 Å². The first kappa shape index (κ1) is 13.5. The number of hydrogen-bond donors (Lipinski definition) is 2. The van der Waals surface area contributed by atoms with Gasteiger partial charge in [0.05, 0.1) is 0 Å². The molecule has 7 heteroatoms. The molecular weight excluding hydrogens is 218 g/mol. The lowest BCUT2D eigenvalue weighted by atomic mass is 10.3. The van der Waals surface area contributed by atoms with Gasteiger partial charge < -0.3 is 11.1 Å². The number of pyridine rings is 1. The quantitative estimate of drug-likeness (QED) is 0.749. The lowest BCUT2D eigenvalue weighted by molar-refractivity contribution is 0.559. The number of aromatic nitrogens is 1. The van der Waals surface area contributed by atoms with Gasteiger partial charge in [0.15, 0.2) is 0 Å². The maximum atomic E-state index is 8.44. The Balaban J connectivity index is 0.000000423. The smallest absolute Gasteiger partial charge is 0.369 e. The molecule has 1 rings (SSSR count). The Bertz CT molecular complexity index is 356. The van der Waals surface area contributed by atoms with E-state index in [9.17, 15) is 0 Å². The topological polar surface area (TPSA) is 102 Å². The van der Waals surface area contributed by atoms with Crippen molar-refractivity contribution in [2.45, 2.75) is 13.0 Å². The summed E-state index contributed by atoms with van der Waals surface area (Å²) in [7, 11) is -3.11. The third kappa shape index (κ3) is 10.5. The highest BCUT2D eigenvalue weighted by Gasteiger charge is 1.93. The van der Waals surface area contributed by atoms with Crippen molar-refractivity contribution in [1.82, 2.24) is 4.98 Å². The van der Waals surface area contributed by atoms with Gasteiger partial charge in [0.1, 0.15) is 5.82 Å². The van der Waals surface area contributed by atoms with E-state index in [-0.39, 0.29) is 6.04 Å². The van der Waals surface area contributed by atoms with Crippen LogP contribution in [0.15, 0.2) is 24.4 Å². The second-order valence-corrected chi connectivity index (χ2v) is 3.19. The minimum absolute atomic E-state index is 0.164. The van der Waals surface area contributed by atoms with E-state index in [1.807, 2.05) is 25.1 Å². The molecule has 15 heavy (non-hydrogen) atoms. The summed E-state index contributed by atoms with van der Waals surface area (Å²) in [6.07, 6.45) is 1.75. The summed E-state index contributed by atoms with van der Waals surface area (Å²) < 4.78 is 25.3. The molecule has 1 atom stereocenters. The van der Waals surface area contributed by atoms with Crippen molar-refractivity contribution in [1.29, 1.82) is 0 Å². The molecule has 0 aliphatic heterocycles. The molecule has 3 N–H and O–H groups in total. The van der Waals surface area contributed by atoms with Gasteiger partial charge in [-0.2, -0.15) is 0 Å². The fraction of sp³-hybridized carbons (Fsp3) is 0.375. The largest absolute Gasteiger partial charge is 0.425 e. The molecule has 0 aromatic carbocycles. The molecular formula is C8H13N3O3S. The summed E-state index contributed by atoms with van der Waals surface area (Å²) in [5.74, 6) is 0.879. The molecule has 0 fully saturated rings. The maximum absolute atomic E-state index is 8.44. The van der Waals surface area contributed by atoms with Crippen molar-refractivity contribution in [2.24, 2.45) is 5.73 Å². The van der Waals surface area contributed by atoms with E-state index in [4.69, 9.17) is 18.4 Å². The highest BCUT2D eigenvalue weighted by atomic mass is 32.2. The zero-order valence-electron chi connectivity index (χ0n) is 8.25. The highest BCUT2D eigenvalue weighted by Crippen LogP contribution is 1.98. The Kier molecular flexibility index (Phi) is 7.12. The van der Waals surface area contributed by atoms with Crippen molar-refractivity contribution >= 4 is 16.4 Å². The molecule has 0 unspecified atom stereocenters. The Morgan fingerprint density at radius 2 is 2.07 bits per heavy atom. The van der Waals surface area contributed by atoms with Gasteiger partial charge in [-0.15, -0.1) is 12.6 Å². The monoisotopic (exact) mass is 231 g/mol. The Labute approximate surface area is 89.6 Å². The number of nitrogens with two attached hydrogens (primary N) is 1. The van der Waals surface area contributed by atoms with Gasteiger partial charge in [0.2, 0.25) is 0 Å². The van der Waals surface area contributed by atoms with E-state index in [2.05, 4.69) is 10.3 Å². The molecule has 0 aliphatic rings. The lowest BCUT2D eigenvalue weighted by Crippen LogP contribution is -2.25. The summed E-state index contributed by atoms with van der Waals surface area (Å²) in [6.45, 7) is 2.72. The first-order chi connectivity index (χ1) is 7.02. The van der Waals surface area contributed by atoms with Crippen LogP contribution in [0.4, 0.5) is 5.82 Å². The molecule has 0 spiro atoms. The average Bonchev–Trinajstić information content (AvgIpc) is 2.15. The SMILES string of the molecule is C[C@H](N)CNc1ccccn1.O=S(=O)=O. The van der Waals surface area contributed by atoms with Gasteiger partial charge in [-0.3, -0.25) is 0 Å². The van der Waals surface area contributed by atoms with Crippen LogP contribution in [0.5, 0.6) is 0 Å². The van der Waals surface area contributed by atoms with Crippen molar-refractivity contribution in [2.75, 3.05) is 11.9 Å². The molecule has 0 amide bonds. The second-order valence-electron chi connectivity index (χ2n) is 2.78. The van der Waals surface area contributed by atoms with E-state index in [0.29, 0.717) is 0 Å². The van der Waals surface area contributed by atoms with Crippen LogP contribution in [-0.2, 0) is 10.6 Å². The van der Waals surface area contributed by atoms with Gasteiger partial charge in [-0.05, 0) is 19.1 Å². The van der Waals surface area contributed by atoms with Gasteiger partial charge in [-0.25, -0.2) is 4.98 Å². The minimum Gasteiger partial charge on any atom is -0.369 e. The number of rotatable bonds is 3. The van der Waals surface area contributed by atoms with Crippen molar-refractivity contribution in [3.05, 3.63) is 24.4 Å². The lowest BCUT2D eigenvalue weighted by Gasteiger charge is -2.06. The number of nitrogens with zero attached hydrogens (tertiary/aromatic N) is 1. The van der Waals surface area contributed by atoms with Gasteiger partial charge in [0.25, 0.3) is 0 Å². The molecule has 1 aromatic rings. The zero-order valence-corrected chi connectivity index (χ0v) is 9.07. The van der Waals surface area contributed by atoms with Crippen LogP contribution in [0.3, 0.4) is 0 Å². The van der Waals surface area contributed by atoms with E-state index in [1.165, 1.54) is 0 Å².